The molecule has 1 saturated heterocycles. The Bertz CT molecular complexity index is 248. The van der Waals surface area contributed by atoms with E-state index in [0.29, 0.717) is 19.8 Å². The third kappa shape index (κ3) is 3.40. The van der Waals surface area contributed by atoms with Gasteiger partial charge in [0.25, 0.3) is 0 Å². The Morgan fingerprint density at radius 3 is 2.94 bits per heavy atom. The van der Waals surface area contributed by atoms with Gasteiger partial charge in [-0.15, -0.1) is 0 Å². The van der Waals surface area contributed by atoms with Crippen LogP contribution in [0.1, 0.15) is 20.3 Å². The van der Waals surface area contributed by atoms with Crippen molar-refractivity contribution in [2.45, 2.75) is 25.8 Å². The lowest BCUT2D eigenvalue weighted by Gasteiger charge is -2.41. The van der Waals surface area contributed by atoms with Crippen molar-refractivity contribution in [3.63, 3.8) is 0 Å². The highest BCUT2D eigenvalue weighted by Gasteiger charge is 2.45. The zero-order valence-corrected chi connectivity index (χ0v) is 11.0. The number of hydrogen-bond acceptors (Lipinski definition) is 5. The minimum absolute atomic E-state index is 0.134. The van der Waals surface area contributed by atoms with Crippen LogP contribution < -0.4 is 10.6 Å². The lowest BCUT2D eigenvalue weighted by Crippen LogP contribution is -2.63. The summed E-state index contributed by atoms with van der Waals surface area (Å²) in [5.74, 6) is 0.0808. The first kappa shape index (κ1) is 14.4. The monoisotopic (exact) mass is 244 g/mol. The maximum atomic E-state index is 12.2. The molecular formula is C12H24N2O3. The molecule has 2 unspecified atom stereocenters. The molecule has 0 aromatic carbocycles. The summed E-state index contributed by atoms with van der Waals surface area (Å²) >= 11 is 0. The number of nitrogens with one attached hydrogen (secondary N) is 2. The van der Waals surface area contributed by atoms with Crippen LogP contribution in [0.2, 0.25) is 0 Å². The maximum Gasteiger partial charge on any atom is 0.326 e. The minimum atomic E-state index is -0.556. The van der Waals surface area contributed by atoms with E-state index in [1.165, 1.54) is 0 Å². The van der Waals surface area contributed by atoms with Gasteiger partial charge in [0, 0.05) is 20.2 Å². The second kappa shape index (κ2) is 6.93. The number of rotatable bonds is 6. The first-order chi connectivity index (χ1) is 8.17. The molecule has 17 heavy (non-hydrogen) atoms. The maximum absolute atomic E-state index is 12.2. The summed E-state index contributed by atoms with van der Waals surface area (Å²) < 4.78 is 10.2. The Morgan fingerprint density at radius 2 is 2.35 bits per heavy atom. The molecule has 0 aromatic heterocycles. The summed E-state index contributed by atoms with van der Waals surface area (Å²) in [5.41, 5.74) is -0.556. The molecule has 0 aliphatic carbocycles. The Morgan fingerprint density at radius 1 is 1.59 bits per heavy atom. The van der Waals surface area contributed by atoms with Crippen LogP contribution in [0, 0.1) is 5.92 Å². The SMILES string of the molecule is CCOC(=O)C1(NCCOC)CCNCC1C. The average Bonchev–Trinajstić information content (AvgIpc) is 2.32. The summed E-state index contributed by atoms with van der Waals surface area (Å²) in [4.78, 5) is 12.2. The number of methoxy groups -OCH3 is 1. The van der Waals surface area contributed by atoms with E-state index < -0.39 is 5.54 Å². The number of ether oxygens (including phenoxy) is 2. The predicted molar refractivity (Wildman–Crippen MR) is 65.9 cm³/mol. The third-order valence-electron chi connectivity index (χ3n) is 3.37. The van der Waals surface area contributed by atoms with Crippen LogP contribution in [0.25, 0.3) is 0 Å². The van der Waals surface area contributed by atoms with Crippen molar-refractivity contribution in [2.24, 2.45) is 5.92 Å². The molecule has 1 fully saturated rings. The van der Waals surface area contributed by atoms with Gasteiger partial charge in [-0.3, -0.25) is 10.1 Å². The summed E-state index contributed by atoms with van der Waals surface area (Å²) in [6.07, 6.45) is 0.761. The van der Waals surface area contributed by atoms with Gasteiger partial charge in [0.05, 0.1) is 13.2 Å². The second-order valence-corrected chi connectivity index (χ2v) is 4.47. The number of hydrogen-bond donors (Lipinski definition) is 2. The summed E-state index contributed by atoms with van der Waals surface area (Å²) in [7, 11) is 1.66. The van der Waals surface area contributed by atoms with Crippen molar-refractivity contribution in [2.75, 3.05) is 40.0 Å². The Balaban J connectivity index is 2.71. The van der Waals surface area contributed by atoms with Gasteiger partial charge in [-0.1, -0.05) is 6.92 Å². The highest BCUT2D eigenvalue weighted by atomic mass is 16.5. The van der Waals surface area contributed by atoms with Crippen molar-refractivity contribution in [1.29, 1.82) is 0 Å². The standard InChI is InChI=1S/C12H24N2O3/c1-4-17-11(15)12(14-7-8-16-3)5-6-13-9-10(12)2/h10,13-14H,4-9H2,1-3H3. The fraction of sp³-hybridized carbons (Fsp3) is 0.917. The largest absolute Gasteiger partial charge is 0.465 e. The van der Waals surface area contributed by atoms with Crippen LogP contribution in [0.15, 0.2) is 0 Å². The summed E-state index contributed by atoms with van der Waals surface area (Å²) in [5, 5.41) is 6.63. The number of esters is 1. The van der Waals surface area contributed by atoms with E-state index in [9.17, 15) is 4.79 Å². The fourth-order valence-electron chi connectivity index (χ4n) is 2.30. The average molecular weight is 244 g/mol. The molecule has 5 heteroatoms. The van der Waals surface area contributed by atoms with Crippen molar-refractivity contribution in [3.8, 4) is 0 Å². The molecule has 5 nitrogen and oxygen atoms in total. The van der Waals surface area contributed by atoms with Gasteiger partial charge in [-0.05, 0) is 25.8 Å². The first-order valence-corrected chi connectivity index (χ1v) is 6.29. The van der Waals surface area contributed by atoms with E-state index in [2.05, 4.69) is 17.6 Å². The Labute approximate surface area is 103 Å². The quantitative estimate of drug-likeness (QED) is 0.514. The molecule has 1 aliphatic heterocycles. The zero-order chi connectivity index (χ0) is 12.7. The highest BCUT2D eigenvalue weighted by Crippen LogP contribution is 2.25. The van der Waals surface area contributed by atoms with Crippen molar-refractivity contribution < 1.29 is 14.3 Å². The molecule has 100 valence electrons. The lowest BCUT2D eigenvalue weighted by atomic mass is 9.79. The van der Waals surface area contributed by atoms with Gasteiger partial charge in [-0.25, -0.2) is 0 Å². The molecule has 1 aliphatic rings. The van der Waals surface area contributed by atoms with E-state index in [1.807, 2.05) is 6.92 Å². The molecular weight excluding hydrogens is 220 g/mol. The van der Waals surface area contributed by atoms with Crippen LogP contribution in [0.4, 0.5) is 0 Å². The van der Waals surface area contributed by atoms with Crippen LogP contribution in [0.5, 0.6) is 0 Å². The smallest absolute Gasteiger partial charge is 0.326 e. The first-order valence-electron chi connectivity index (χ1n) is 6.29. The third-order valence-corrected chi connectivity index (χ3v) is 3.37. The van der Waals surface area contributed by atoms with Crippen molar-refractivity contribution in [1.82, 2.24) is 10.6 Å². The van der Waals surface area contributed by atoms with Crippen LogP contribution in [0.3, 0.4) is 0 Å². The molecule has 0 saturated carbocycles. The summed E-state index contributed by atoms with van der Waals surface area (Å²) in [6.45, 7) is 7.27. The second-order valence-electron chi connectivity index (χ2n) is 4.47. The molecule has 1 heterocycles. The Kier molecular flexibility index (Phi) is 5.88. The number of piperidine rings is 1. The molecule has 1 rings (SSSR count). The van der Waals surface area contributed by atoms with Gasteiger partial charge in [-0.2, -0.15) is 0 Å². The van der Waals surface area contributed by atoms with Crippen molar-refractivity contribution >= 4 is 5.97 Å². The van der Waals surface area contributed by atoms with Crippen molar-refractivity contribution in [3.05, 3.63) is 0 Å². The van der Waals surface area contributed by atoms with Gasteiger partial charge >= 0.3 is 5.97 Å². The Hall–Kier alpha value is -0.650. The van der Waals surface area contributed by atoms with E-state index in [0.717, 1.165) is 19.5 Å². The van der Waals surface area contributed by atoms with Gasteiger partial charge < -0.3 is 14.8 Å². The predicted octanol–water partition coefficient (Wildman–Crippen LogP) is 0.154. The molecule has 0 amide bonds. The minimum Gasteiger partial charge on any atom is -0.465 e. The fourth-order valence-corrected chi connectivity index (χ4v) is 2.30. The molecule has 2 atom stereocenters. The van der Waals surface area contributed by atoms with E-state index in [1.54, 1.807) is 7.11 Å². The molecule has 2 N–H and O–H groups in total. The number of carbonyl (C=O) groups is 1. The summed E-state index contributed by atoms with van der Waals surface area (Å²) in [6, 6.07) is 0. The molecule has 0 radical (unpaired) electrons. The van der Waals surface area contributed by atoms with E-state index in [-0.39, 0.29) is 11.9 Å². The molecule has 0 spiro atoms. The van der Waals surface area contributed by atoms with Crippen LogP contribution >= 0.6 is 0 Å². The van der Waals surface area contributed by atoms with E-state index >= 15 is 0 Å². The van der Waals surface area contributed by atoms with Gasteiger partial charge in [0.1, 0.15) is 5.54 Å². The normalized spacial score (nSPS) is 29.0. The molecule has 0 bridgehead atoms. The molecule has 0 aromatic rings. The highest BCUT2D eigenvalue weighted by molar-refractivity contribution is 5.81. The van der Waals surface area contributed by atoms with E-state index in [4.69, 9.17) is 9.47 Å². The van der Waals surface area contributed by atoms with Gasteiger partial charge in [0.2, 0.25) is 0 Å². The van der Waals surface area contributed by atoms with Crippen LogP contribution in [-0.4, -0.2) is 51.5 Å². The van der Waals surface area contributed by atoms with Gasteiger partial charge in [0.15, 0.2) is 0 Å². The number of carbonyl (C=O) groups excluding carboxylic acids is 1. The topological polar surface area (TPSA) is 59.6 Å². The zero-order valence-electron chi connectivity index (χ0n) is 11.0. The van der Waals surface area contributed by atoms with Crippen LogP contribution in [-0.2, 0) is 14.3 Å². The lowest BCUT2D eigenvalue weighted by molar-refractivity contribution is -0.155.